The second-order valence-electron chi connectivity index (χ2n) is 4.19. The molecule has 2 heterocycles. The fourth-order valence-electron chi connectivity index (χ4n) is 1.98. The number of thiazole rings is 1. The minimum absolute atomic E-state index is 0.144. The van der Waals surface area contributed by atoms with E-state index in [1.165, 1.54) is 11.3 Å². The molecule has 0 aliphatic carbocycles. The van der Waals surface area contributed by atoms with Crippen molar-refractivity contribution in [2.45, 2.75) is 11.2 Å². The Morgan fingerprint density at radius 1 is 1.33 bits per heavy atom. The second kappa shape index (κ2) is 4.82. The van der Waals surface area contributed by atoms with Crippen LogP contribution in [0.15, 0.2) is 35.7 Å². The van der Waals surface area contributed by atoms with Crippen LogP contribution >= 0.6 is 27.3 Å². The minimum atomic E-state index is 0.144. The van der Waals surface area contributed by atoms with Gasteiger partial charge in [0.15, 0.2) is 5.13 Å². The number of hydrogen-bond acceptors (Lipinski definition) is 3. The van der Waals surface area contributed by atoms with E-state index in [1.807, 2.05) is 35.7 Å². The van der Waals surface area contributed by atoms with Gasteiger partial charge < -0.3 is 0 Å². The highest BCUT2D eigenvalue weighted by Crippen LogP contribution is 2.31. The monoisotopic (exact) mass is 322 g/mol. The molecule has 92 valence electrons. The van der Waals surface area contributed by atoms with Gasteiger partial charge in [-0.15, -0.1) is 11.3 Å². The van der Waals surface area contributed by atoms with Crippen LogP contribution in [-0.2, 0) is 4.79 Å². The average molecular weight is 323 g/mol. The number of benzene rings is 1. The number of halogens is 1. The van der Waals surface area contributed by atoms with Crippen LogP contribution in [0.4, 0.5) is 5.13 Å². The highest BCUT2D eigenvalue weighted by molar-refractivity contribution is 9.09. The molecule has 3 nitrogen and oxygen atoms in total. The molecule has 1 atom stereocenters. The van der Waals surface area contributed by atoms with E-state index in [0.717, 1.165) is 16.4 Å². The normalized spacial score (nSPS) is 19.5. The second-order valence-corrected chi connectivity index (χ2v) is 6.32. The summed E-state index contributed by atoms with van der Waals surface area (Å²) in [5, 5.41) is 2.79. The summed E-state index contributed by atoms with van der Waals surface area (Å²) in [5.74, 6) is 0.144. The lowest BCUT2D eigenvalue weighted by molar-refractivity contribution is -0.117. The fraction of sp³-hybridized carbons (Fsp3) is 0.231. The third-order valence-corrected chi connectivity index (χ3v) is 4.35. The van der Waals surface area contributed by atoms with Gasteiger partial charge in [0.05, 0.1) is 5.69 Å². The largest absolute Gasteiger partial charge is 0.287 e. The maximum atomic E-state index is 11.8. The van der Waals surface area contributed by atoms with Gasteiger partial charge in [0.2, 0.25) is 5.91 Å². The summed E-state index contributed by atoms with van der Waals surface area (Å²) in [7, 11) is 0. The van der Waals surface area contributed by atoms with Crippen LogP contribution in [0.5, 0.6) is 0 Å². The molecular formula is C13H11BrN2OS. The lowest BCUT2D eigenvalue weighted by atomic mass is 10.2. The summed E-state index contributed by atoms with van der Waals surface area (Å²) in [6.07, 6.45) is 0.556. The van der Waals surface area contributed by atoms with Crippen molar-refractivity contribution in [2.24, 2.45) is 0 Å². The van der Waals surface area contributed by atoms with Crippen molar-refractivity contribution < 1.29 is 4.79 Å². The van der Waals surface area contributed by atoms with E-state index < -0.39 is 0 Å². The molecular weight excluding hydrogens is 312 g/mol. The number of amides is 1. The molecule has 0 N–H and O–H groups in total. The lowest BCUT2D eigenvalue weighted by Crippen LogP contribution is -2.24. The average Bonchev–Trinajstić information content (AvgIpc) is 2.97. The molecule has 0 bridgehead atoms. The molecule has 2 aromatic rings. The molecule has 1 amide bonds. The number of alkyl halides is 1. The number of rotatable bonds is 2. The molecule has 18 heavy (non-hydrogen) atoms. The third kappa shape index (κ3) is 2.20. The molecule has 1 fully saturated rings. The quantitative estimate of drug-likeness (QED) is 0.795. The minimum Gasteiger partial charge on any atom is -0.287 e. The molecule has 0 spiro atoms. The van der Waals surface area contributed by atoms with Gasteiger partial charge in [-0.05, 0) is 0 Å². The smallest absolute Gasteiger partial charge is 0.230 e. The van der Waals surface area contributed by atoms with Crippen LogP contribution in [0.3, 0.4) is 0 Å². The molecule has 1 aliphatic rings. The summed E-state index contributed by atoms with van der Waals surface area (Å²) >= 11 is 5.00. The predicted molar refractivity (Wildman–Crippen MR) is 77.2 cm³/mol. The Balaban J connectivity index is 1.88. The number of carbonyl (C=O) groups is 1. The fourth-order valence-corrected chi connectivity index (χ4v) is 3.41. The summed E-state index contributed by atoms with van der Waals surface area (Å²) in [5.41, 5.74) is 2.02. The topological polar surface area (TPSA) is 33.2 Å². The van der Waals surface area contributed by atoms with Gasteiger partial charge in [-0.1, -0.05) is 46.3 Å². The van der Waals surface area contributed by atoms with Crippen LogP contribution in [0.25, 0.3) is 11.3 Å². The summed E-state index contributed by atoms with van der Waals surface area (Å²) < 4.78 is 0. The highest BCUT2D eigenvalue weighted by atomic mass is 79.9. The van der Waals surface area contributed by atoms with Crippen molar-refractivity contribution in [3.05, 3.63) is 35.7 Å². The van der Waals surface area contributed by atoms with Gasteiger partial charge in [0.1, 0.15) is 0 Å². The number of carbonyl (C=O) groups excluding carboxylic acids is 1. The SMILES string of the molecule is O=C1CC(Br)CN1c1nc(-c2ccccc2)cs1. The van der Waals surface area contributed by atoms with Gasteiger partial charge in [0.25, 0.3) is 0 Å². The zero-order valence-electron chi connectivity index (χ0n) is 9.54. The first-order valence-corrected chi connectivity index (χ1v) is 7.49. The van der Waals surface area contributed by atoms with Crippen molar-refractivity contribution in [3.8, 4) is 11.3 Å². The predicted octanol–water partition coefficient (Wildman–Crippen LogP) is 3.31. The number of aromatic nitrogens is 1. The van der Waals surface area contributed by atoms with Crippen LogP contribution in [0, 0.1) is 0 Å². The van der Waals surface area contributed by atoms with Gasteiger partial charge in [-0.3, -0.25) is 9.69 Å². The molecule has 1 aromatic carbocycles. The Kier molecular flexibility index (Phi) is 3.18. The molecule has 0 saturated carbocycles. The molecule has 1 aliphatic heterocycles. The first kappa shape index (κ1) is 11.9. The van der Waals surface area contributed by atoms with Gasteiger partial charge >= 0.3 is 0 Å². The van der Waals surface area contributed by atoms with E-state index in [4.69, 9.17) is 0 Å². The Morgan fingerprint density at radius 2 is 2.11 bits per heavy atom. The number of anilines is 1. The zero-order chi connectivity index (χ0) is 12.5. The summed E-state index contributed by atoms with van der Waals surface area (Å²) in [6.45, 7) is 0.709. The van der Waals surface area contributed by atoms with E-state index in [0.29, 0.717) is 13.0 Å². The number of nitrogens with zero attached hydrogens (tertiary/aromatic N) is 2. The van der Waals surface area contributed by atoms with E-state index >= 15 is 0 Å². The van der Waals surface area contributed by atoms with Crippen LogP contribution in [0.2, 0.25) is 0 Å². The molecule has 1 saturated heterocycles. The lowest BCUT2D eigenvalue weighted by Gasteiger charge is -2.10. The van der Waals surface area contributed by atoms with Crippen molar-refractivity contribution in [1.82, 2.24) is 4.98 Å². The van der Waals surface area contributed by atoms with Crippen molar-refractivity contribution in [2.75, 3.05) is 11.4 Å². The molecule has 1 unspecified atom stereocenters. The van der Waals surface area contributed by atoms with Crippen molar-refractivity contribution in [3.63, 3.8) is 0 Å². The van der Waals surface area contributed by atoms with E-state index in [1.54, 1.807) is 4.90 Å². The number of hydrogen-bond donors (Lipinski definition) is 0. The van der Waals surface area contributed by atoms with Crippen molar-refractivity contribution >= 4 is 38.3 Å². The first-order valence-electron chi connectivity index (χ1n) is 5.69. The third-order valence-electron chi connectivity index (χ3n) is 2.87. The summed E-state index contributed by atoms with van der Waals surface area (Å²) in [6, 6.07) is 10.0. The molecule has 1 aromatic heterocycles. The van der Waals surface area contributed by atoms with Crippen LogP contribution < -0.4 is 4.90 Å². The van der Waals surface area contributed by atoms with E-state index in [9.17, 15) is 4.79 Å². The Hall–Kier alpha value is -1.20. The standard InChI is InChI=1S/C13H11BrN2OS/c14-10-6-12(17)16(7-10)13-15-11(8-18-13)9-4-2-1-3-5-9/h1-5,8,10H,6-7H2. The van der Waals surface area contributed by atoms with Gasteiger partial charge in [-0.25, -0.2) is 4.98 Å². The maximum Gasteiger partial charge on any atom is 0.230 e. The molecule has 5 heteroatoms. The molecule has 3 rings (SSSR count). The summed E-state index contributed by atoms with van der Waals surface area (Å²) in [4.78, 5) is 18.3. The molecule has 0 radical (unpaired) electrons. The zero-order valence-corrected chi connectivity index (χ0v) is 11.9. The van der Waals surface area contributed by atoms with Crippen LogP contribution in [-0.4, -0.2) is 22.3 Å². The Morgan fingerprint density at radius 3 is 2.78 bits per heavy atom. The Labute approximate surface area is 118 Å². The Bertz CT molecular complexity index is 569. The maximum absolute atomic E-state index is 11.8. The van der Waals surface area contributed by atoms with Crippen molar-refractivity contribution in [1.29, 1.82) is 0 Å². The van der Waals surface area contributed by atoms with Crippen LogP contribution in [0.1, 0.15) is 6.42 Å². The highest BCUT2D eigenvalue weighted by Gasteiger charge is 2.30. The van der Waals surface area contributed by atoms with E-state index in [2.05, 4.69) is 20.9 Å². The van der Waals surface area contributed by atoms with Gasteiger partial charge in [-0.2, -0.15) is 0 Å². The van der Waals surface area contributed by atoms with Gasteiger partial charge in [0, 0.05) is 28.7 Å². The first-order chi connectivity index (χ1) is 8.74. The van der Waals surface area contributed by atoms with E-state index in [-0.39, 0.29) is 10.7 Å².